The third-order valence-corrected chi connectivity index (χ3v) is 4.18. The molecule has 0 aliphatic rings. The first-order valence-corrected chi connectivity index (χ1v) is 8.67. The maximum Gasteiger partial charge on any atom is 0.328 e. The quantitative estimate of drug-likeness (QED) is 0.467. The van der Waals surface area contributed by atoms with Crippen LogP contribution in [0.3, 0.4) is 0 Å². The molecule has 0 spiro atoms. The number of hydrogen-bond donors (Lipinski definition) is 0. The Balaban J connectivity index is 2.49. The van der Waals surface area contributed by atoms with Crippen molar-refractivity contribution in [1.82, 2.24) is 9.78 Å². The Labute approximate surface area is 150 Å². The summed E-state index contributed by atoms with van der Waals surface area (Å²) in [4.78, 5) is 12.0. The van der Waals surface area contributed by atoms with E-state index < -0.39 is 17.7 Å². The second-order valence-electron chi connectivity index (χ2n) is 6.04. The monoisotopic (exact) mass is 482 g/mol. The molecule has 120 valence electrons. The summed E-state index contributed by atoms with van der Waals surface area (Å²) in [5, 5.41) is 5.18. The lowest BCUT2D eigenvalue weighted by Gasteiger charge is -2.19. The largest absolute Gasteiger partial charge is 0.459 e. The maximum atomic E-state index is 14.0. The summed E-state index contributed by atoms with van der Waals surface area (Å²) in [5.41, 5.74) is 0.573. The number of carbonyl (C=O) groups excluding carboxylic acids is 1. The fraction of sp³-hybridized carbons (Fsp3) is 0.467. The van der Waals surface area contributed by atoms with E-state index in [1.807, 2.05) is 26.8 Å². The van der Waals surface area contributed by atoms with Gasteiger partial charge < -0.3 is 4.74 Å². The zero-order valence-corrected chi connectivity index (χ0v) is 16.5. The van der Waals surface area contributed by atoms with Crippen LogP contribution < -0.4 is 0 Å². The number of rotatable bonds is 3. The summed E-state index contributed by atoms with van der Waals surface area (Å²) < 4.78 is 22.3. The standard InChI is InChI=1S/C15H17BrFIN2O2/c1-8(17)10-5-9(16)6-11-13(10)20(19-14(11)18)7-12(21)22-15(2,3)4/h5-6,8H,7H2,1-4H3. The molecule has 0 saturated heterocycles. The van der Waals surface area contributed by atoms with E-state index in [4.69, 9.17) is 4.74 Å². The zero-order chi connectivity index (χ0) is 16.7. The molecule has 1 aromatic heterocycles. The average Bonchev–Trinajstić information content (AvgIpc) is 2.62. The molecular weight excluding hydrogens is 466 g/mol. The lowest BCUT2D eigenvalue weighted by atomic mass is 10.1. The Hall–Kier alpha value is -0.700. The van der Waals surface area contributed by atoms with E-state index in [1.54, 1.807) is 6.07 Å². The van der Waals surface area contributed by atoms with Crippen LogP contribution in [0.5, 0.6) is 0 Å². The third kappa shape index (κ3) is 3.98. The molecule has 2 rings (SSSR count). The number of benzene rings is 1. The molecule has 2 aromatic rings. The minimum Gasteiger partial charge on any atom is -0.459 e. The zero-order valence-electron chi connectivity index (χ0n) is 12.8. The molecule has 0 amide bonds. The lowest BCUT2D eigenvalue weighted by Crippen LogP contribution is -2.27. The highest BCUT2D eigenvalue weighted by molar-refractivity contribution is 14.1. The smallest absolute Gasteiger partial charge is 0.328 e. The number of nitrogens with zero attached hydrogens (tertiary/aromatic N) is 2. The highest BCUT2D eigenvalue weighted by Crippen LogP contribution is 2.32. The van der Waals surface area contributed by atoms with Crippen LogP contribution in [0.2, 0.25) is 0 Å². The van der Waals surface area contributed by atoms with E-state index in [2.05, 4.69) is 43.6 Å². The normalized spacial score (nSPS) is 13.4. The summed E-state index contributed by atoms with van der Waals surface area (Å²) in [6.45, 7) is 6.85. The molecule has 0 radical (unpaired) electrons. The van der Waals surface area contributed by atoms with Gasteiger partial charge in [0.25, 0.3) is 0 Å². The second-order valence-corrected chi connectivity index (χ2v) is 7.98. The molecule has 0 aliphatic heterocycles. The molecule has 0 bridgehead atoms. The van der Waals surface area contributed by atoms with E-state index in [-0.39, 0.29) is 6.54 Å². The molecule has 22 heavy (non-hydrogen) atoms. The van der Waals surface area contributed by atoms with E-state index in [0.29, 0.717) is 11.1 Å². The number of alkyl halides is 1. The molecule has 1 heterocycles. The molecule has 0 saturated carbocycles. The Bertz CT molecular complexity index is 722. The van der Waals surface area contributed by atoms with E-state index in [1.165, 1.54) is 11.6 Å². The van der Waals surface area contributed by atoms with Crippen LogP contribution in [0.25, 0.3) is 10.9 Å². The number of esters is 1. The van der Waals surface area contributed by atoms with Gasteiger partial charge in [0.1, 0.15) is 22.0 Å². The van der Waals surface area contributed by atoms with Crippen LogP contribution in [0, 0.1) is 3.70 Å². The SMILES string of the molecule is CC(F)c1cc(Br)cc2c(I)nn(CC(=O)OC(C)(C)C)c12. The van der Waals surface area contributed by atoms with Crippen LogP contribution in [0.4, 0.5) is 4.39 Å². The van der Waals surface area contributed by atoms with Crippen molar-refractivity contribution in [2.24, 2.45) is 0 Å². The Morgan fingerprint density at radius 1 is 1.50 bits per heavy atom. The molecule has 1 atom stereocenters. The fourth-order valence-corrected chi connectivity index (χ4v) is 3.34. The lowest BCUT2D eigenvalue weighted by molar-refractivity contribution is -0.155. The van der Waals surface area contributed by atoms with Gasteiger partial charge in [0.15, 0.2) is 0 Å². The molecule has 0 N–H and O–H groups in total. The van der Waals surface area contributed by atoms with Crippen molar-refractivity contribution < 1.29 is 13.9 Å². The second kappa shape index (κ2) is 6.43. The molecule has 1 aromatic carbocycles. The van der Waals surface area contributed by atoms with Crippen molar-refractivity contribution in [3.8, 4) is 0 Å². The first-order chi connectivity index (χ1) is 10.1. The van der Waals surface area contributed by atoms with Gasteiger partial charge in [0.05, 0.1) is 5.52 Å². The Kier molecular flexibility index (Phi) is 5.16. The predicted octanol–water partition coefficient (Wildman–Crippen LogP) is 4.78. The molecule has 0 aliphatic carbocycles. The van der Waals surface area contributed by atoms with E-state index in [0.717, 1.165) is 13.6 Å². The van der Waals surface area contributed by atoms with Crippen molar-refractivity contribution >= 4 is 55.4 Å². The highest BCUT2D eigenvalue weighted by Gasteiger charge is 2.21. The number of halogens is 3. The van der Waals surface area contributed by atoms with Gasteiger partial charge in [-0.15, -0.1) is 0 Å². The van der Waals surface area contributed by atoms with Gasteiger partial charge in [0.2, 0.25) is 0 Å². The van der Waals surface area contributed by atoms with Gasteiger partial charge >= 0.3 is 5.97 Å². The Morgan fingerprint density at radius 2 is 2.14 bits per heavy atom. The van der Waals surface area contributed by atoms with Crippen LogP contribution in [0.1, 0.15) is 39.4 Å². The van der Waals surface area contributed by atoms with Crippen molar-refractivity contribution in [2.45, 2.75) is 46.0 Å². The number of ether oxygens (including phenoxy) is 1. The van der Waals surface area contributed by atoms with Gasteiger partial charge in [-0.05, 0) is 62.4 Å². The highest BCUT2D eigenvalue weighted by atomic mass is 127. The minimum absolute atomic E-state index is 0.0435. The third-order valence-electron chi connectivity index (χ3n) is 2.92. The van der Waals surface area contributed by atoms with Crippen molar-refractivity contribution in [3.05, 3.63) is 25.9 Å². The van der Waals surface area contributed by atoms with Crippen LogP contribution in [0.15, 0.2) is 16.6 Å². The van der Waals surface area contributed by atoms with Gasteiger partial charge in [-0.1, -0.05) is 15.9 Å². The summed E-state index contributed by atoms with van der Waals surface area (Å²) in [6, 6.07) is 3.60. The molecule has 1 unspecified atom stereocenters. The first-order valence-electron chi connectivity index (χ1n) is 6.80. The van der Waals surface area contributed by atoms with Gasteiger partial charge in [-0.2, -0.15) is 5.10 Å². The predicted molar refractivity (Wildman–Crippen MR) is 95.5 cm³/mol. The number of aromatic nitrogens is 2. The van der Waals surface area contributed by atoms with Gasteiger partial charge in [0, 0.05) is 15.4 Å². The summed E-state index contributed by atoms with van der Waals surface area (Å²) >= 11 is 5.47. The van der Waals surface area contributed by atoms with Crippen LogP contribution >= 0.6 is 38.5 Å². The minimum atomic E-state index is -1.16. The van der Waals surface area contributed by atoms with Crippen LogP contribution in [-0.2, 0) is 16.1 Å². The fourth-order valence-electron chi connectivity index (χ4n) is 2.19. The molecular formula is C15H17BrFIN2O2. The summed E-state index contributed by atoms with van der Waals surface area (Å²) in [5.74, 6) is -0.395. The van der Waals surface area contributed by atoms with E-state index in [9.17, 15) is 9.18 Å². The molecule has 4 nitrogen and oxygen atoms in total. The summed E-state index contributed by atoms with van der Waals surface area (Å²) in [7, 11) is 0. The average molecular weight is 483 g/mol. The molecule has 0 fully saturated rings. The molecule has 7 heteroatoms. The van der Waals surface area contributed by atoms with Crippen molar-refractivity contribution in [1.29, 1.82) is 0 Å². The number of carbonyl (C=O) groups is 1. The first kappa shape index (κ1) is 17.7. The number of fused-ring (bicyclic) bond motifs is 1. The van der Waals surface area contributed by atoms with Gasteiger partial charge in [-0.3, -0.25) is 9.48 Å². The Morgan fingerprint density at radius 3 is 2.68 bits per heavy atom. The summed E-state index contributed by atoms with van der Waals surface area (Å²) in [6.07, 6.45) is -1.16. The number of hydrogen-bond acceptors (Lipinski definition) is 3. The maximum absolute atomic E-state index is 14.0. The van der Waals surface area contributed by atoms with Gasteiger partial charge in [-0.25, -0.2) is 4.39 Å². The topological polar surface area (TPSA) is 44.1 Å². The van der Waals surface area contributed by atoms with Crippen LogP contribution in [-0.4, -0.2) is 21.4 Å². The van der Waals surface area contributed by atoms with Crippen molar-refractivity contribution in [3.63, 3.8) is 0 Å². The van der Waals surface area contributed by atoms with Crippen molar-refractivity contribution in [2.75, 3.05) is 0 Å². The van der Waals surface area contributed by atoms with E-state index >= 15 is 0 Å².